The highest BCUT2D eigenvalue weighted by Crippen LogP contribution is 2.36. The monoisotopic (exact) mass is 559 g/mol. The number of cyclic esters (lactones) is 1. The molecule has 1 aliphatic heterocycles. The number of ether oxygens (including phenoxy) is 2. The Hall–Kier alpha value is -1.67. The van der Waals surface area contributed by atoms with E-state index < -0.39 is 5.97 Å². The zero-order valence-electron chi connectivity index (χ0n) is 15.0. The van der Waals surface area contributed by atoms with Crippen molar-refractivity contribution in [3.8, 4) is 5.75 Å². The summed E-state index contributed by atoms with van der Waals surface area (Å²) in [4.78, 5) is 28.2. The van der Waals surface area contributed by atoms with Gasteiger partial charge in [-0.2, -0.15) is 0 Å². The highest BCUT2D eigenvalue weighted by atomic mass is 79.9. The molecule has 2 aromatic carbocycles. The topological polar surface area (TPSA) is 65.0 Å². The SMILES string of the molecule is CCCC(=O)Oc1c(Br)cc(/C=C2\N=C(c3ccc(Cl)c(Cl)c3)OC2=O)cc1Br. The molecule has 9 heteroatoms. The molecule has 0 aliphatic carbocycles. The molecule has 3 rings (SSSR count). The molecule has 0 N–H and O–H groups in total. The molecule has 150 valence electrons. The number of aliphatic imine (C=N–C) groups is 1. The van der Waals surface area contributed by atoms with Crippen LogP contribution in [0.15, 0.2) is 50.0 Å². The fourth-order valence-corrected chi connectivity index (χ4v) is 4.13. The van der Waals surface area contributed by atoms with Crippen LogP contribution in [0.2, 0.25) is 10.0 Å². The van der Waals surface area contributed by atoms with Gasteiger partial charge in [-0.25, -0.2) is 9.79 Å². The van der Waals surface area contributed by atoms with Gasteiger partial charge in [0.1, 0.15) is 0 Å². The van der Waals surface area contributed by atoms with Gasteiger partial charge < -0.3 is 9.47 Å². The van der Waals surface area contributed by atoms with E-state index in [4.69, 9.17) is 32.7 Å². The van der Waals surface area contributed by atoms with Crippen LogP contribution >= 0.6 is 55.1 Å². The molecule has 0 fully saturated rings. The number of nitrogens with zero attached hydrogens (tertiary/aromatic N) is 1. The van der Waals surface area contributed by atoms with Gasteiger partial charge in [0.05, 0.1) is 19.0 Å². The van der Waals surface area contributed by atoms with E-state index in [0.29, 0.717) is 48.7 Å². The minimum atomic E-state index is -0.586. The first-order valence-corrected chi connectivity index (χ1v) is 10.8. The van der Waals surface area contributed by atoms with Gasteiger partial charge in [-0.3, -0.25) is 4.79 Å². The van der Waals surface area contributed by atoms with Crippen molar-refractivity contribution in [3.05, 3.63) is 66.1 Å². The molecule has 0 radical (unpaired) electrons. The Morgan fingerprint density at radius 2 is 1.86 bits per heavy atom. The Kier molecular flexibility index (Phi) is 7.16. The van der Waals surface area contributed by atoms with Crippen molar-refractivity contribution in [1.82, 2.24) is 0 Å². The predicted molar refractivity (Wildman–Crippen MR) is 119 cm³/mol. The van der Waals surface area contributed by atoms with Crippen molar-refractivity contribution >= 4 is 79.0 Å². The van der Waals surface area contributed by atoms with Crippen molar-refractivity contribution in [3.63, 3.8) is 0 Å². The van der Waals surface area contributed by atoms with E-state index in [1.165, 1.54) is 0 Å². The number of benzene rings is 2. The third-order valence-electron chi connectivity index (χ3n) is 3.78. The number of halogens is 4. The number of esters is 2. The zero-order valence-corrected chi connectivity index (χ0v) is 19.7. The maximum Gasteiger partial charge on any atom is 0.363 e. The molecule has 0 saturated heterocycles. The summed E-state index contributed by atoms with van der Waals surface area (Å²) in [6.07, 6.45) is 2.59. The highest BCUT2D eigenvalue weighted by molar-refractivity contribution is 9.11. The predicted octanol–water partition coefficient (Wildman–Crippen LogP) is 6.57. The average molecular weight is 562 g/mol. The minimum absolute atomic E-state index is 0.126. The van der Waals surface area contributed by atoms with Crippen LogP contribution in [0.25, 0.3) is 6.08 Å². The Balaban J connectivity index is 1.89. The number of carbonyl (C=O) groups is 2. The van der Waals surface area contributed by atoms with Crippen molar-refractivity contribution in [2.45, 2.75) is 19.8 Å². The van der Waals surface area contributed by atoms with E-state index in [9.17, 15) is 9.59 Å². The van der Waals surface area contributed by atoms with Crippen LogP contribution < -0.4 is 4.74 Å². The maximum absolute atomic E-state index is 12.2. The van der Waals surface area contributed by atoms with Crippen molar-refractivity contribution < 1.29 is 19.1 Å². The van der Waals surface area contributed by atoms with Gasteiger partial charge in [-0.15, -0.1) is 0 Å². The van der Waals surface area contributed by atoms with Crippen LogP contribution in [0.5, 0.6) is 5.75 Å². The van der Waals surface area contributed by atoms with Gasteiger partial charge in [0, 0.05) is 12.0 Å². The average Bonchev–Trinajstić information content (AvgIpc) is 3.01. The Labute approximate surface area is 193 Å². The fraction of sp³-hybridized carbons (Fsp3) is 0.150. The number of hydrogen-bond donors (Lipinski definition) is 0. The lowest BCUT2D eigenvalue weighted by molar-refractivity contribution is -0.134. The number of carbonyl (C=O) groups excluding carboxylic acids is 2. The molecule has 29 heavy (non-hydrogen) atoms. The molecular formula is C20H13Br2Cl2NO4. The summed E-state index contributed by atoms with van der Waals surface area (Å²) in [6, 6.07) is 8.27. The molecular weight excluding hydrogens is 549 g/mol. The summed E-state index contributed by atoms with van der Waals surface area (Å²) >= 11 is 18.7. The van der Waals surface area contributed by atoms with Gasteiger partial charge in [-0.1, -0.05) is 30.1 Å². The van der Waals surface area contributed by atoms with Crippen molar-refractivity contribution in [2.75, 3.05) is 0 Å². The minimum Gasteiger partial charge on any atom is -0.424 e. The zero-order chi connectivity index (χ0) is 21.1. The quantitative estimate of drug-likeness (QED) is 0.235. The maximum atomic E-state index is 12.2. The summed E-state index contributed by atoms with van der Waals surface area (Å²) in [6.45, 7) is 1.90. The molecule has 0 unspecified atom stereocenters. The molecule has 1 aliphatic rings. The van der Waals surface area contributed by atoms with E-state index in [0.717, 1.165) is 0 Å². The van der Waals surface area contributed by atoms with Gasteiger partial charge in [0.25, 0.3) is 0 Å². The Morgan fingerprint density at radius 3 is 2.48 bits per heavy atom. The van der Waals surface area contributed by atoms with E-state index in [1.807, 2.05) is 6.92 Å². The summed E-state index contributed by atoms with van der Waals surface area (Å²) < 4.78 is 11.7. The molecule has 0 spiro atoms. The van der Waals surface area contributed by atoms with Gasteiger partial charge in [0.2, 0.25) is 5.90 Å². The van der Waals surface area contributed by atoms with Gasteiger partial charge >= 0.3 is 11.9 Å². The van der Waals surface area contributed by atoms with Crippen LogP contribution in [0, 0.1) is 0 Å². The van der Waals surface area contributed by atoms with E-state index in [-0.39, 0.29) is 17.6 Å². The lowest BCUT2D eigenvalue weighted by atomic mass is 10.2. The molecule has 0 saturated carbocycles. The summed E-state index contributed by atoms with van der Waals surface area (Å²) in [7, 11) is 0. The molecule has 0 aromatic heterocycles. The Morgan fingerprint density at radius 1 is 1.17 bits per heavy atom. The first kappa shape index (κ1) is 22.0. The molecule has 2 aromatic rings. The smallest absolute Gasteiger partial charge is 0.363 e. The second-order valence-corrected chi connectivity index (χ2v) is 8.53. The van der Waals surface area contributed by atoms with Crippen LogP contribution in [-0.4, -0.2) is 17.8 Å². The number of rotatable bonds is 5. The van der Waals surface area contributed by atoms with Crippen LogP contribution in [-0.2, 0) is 14.3 Å². The van der Waals surface area contributed by atoms with Crippen LogP contribution in [0.4, 0.5) is 0 Å². The van der Waals surface area contributed by atoms with E-state index in [1.54, 1.807) is 36.4 Å². The summed E-state index contributed by atoms with van der Waals surface area (Å²) in [5.41, 5.74) is 1.32. The number of hydrogen-bond acceptors (Lipinski definition) is 5. The van der Waals surface area contributed by atoms with Crippen molar-refractivity contribution in [2.24, 2.45) is 4.99 Å². The molecule has 1 heterocycles. The summed E-state index contributed by atoms with van der Waals surface area (Å²) in [5, 5.41) is 0.729. The first-order valence-electron chi connectivity index (χ1n) is 8.46. The standard InChI is InChI=1S/C20H13Br2Cl2NO4/c1-2-3-17(26)28-18-12(21)6-10(7-13(18)22)8-16-20(27)29-19(25-16)11-4-5-14(23)15(24)9-11/h4-9H,2-3H2,1H3/b16-8-. The molecule has 5 nitrogen and oxygen atoms in total. The van der Waals surface area contributed by atoms with Gasteiger partial charge in [-0.05, 0) is 80.3 Å². The largest absolute Gasteiger partial charge is 0.424 e. The Bertz CT molecular complexity index is 1040. The highest BCUT2D eigenvalue weighted by Gasteiger charge is 2.25. The third kappa shape index (κ3) is 5.28. The van der Waals surface area contributed by atoms with Crippen LogP contribution in [0.3, 0.4) is 0 Å². The lowest BCUT2D eigenvalue weighted by Crippen LogP contribution is -2.08. The molecule has 0 bridgehead atoms. The first-order chi connectivity index (χ1) is 13.8. The van der Waals surface area contributed by atoms with Crippen molar-refractivity contribution in [1.29, 1.82) is 0 Å². The molecule has 0 atom stereocenters. The lowest BCUT2D eigenvalue weighted by Gasteiger charge is -2.09. The second kappa shape index (κ2) is 9.43. The van der Waals surface area contributed by atoms with E-state index in [2.05, 4.69) is 36.9 Å². The van der Waals surface area contributed by atoms with E-state index >= 15 is 0 Å². The second-order valence-electron chi connectivity index (χ2n) is 6.00. The third-order valence-corrected chi connectivity index (χ3v) is 5.70. The molecule has 0 amide bonds. The fourth-order valence-electron chi connectivity index (χ4n) is 2.45. The summed E-state index contributed by atoms with van der Waals surface area (Å²) in [5.74, 6) is -0.394. The van der Waals surface area contributed by atoms with Crippen LogP contribution in [0.1, 0.15) is 30.9 Å². The normalized spacial score (nSPS) is 14.7. The van der Waals surface area contributed by atoms with Gasteiger partial charge in [0.15, 0.2) is 11.4 Å².